The van der Waals surface area contributed by atoms with Crippen molar-refractivity contribution in [2.24, 2.45) is 0 Å². The number of unbranched alkanes of at least 4 members (excludes halogenated alkanes) is 1. The summed E-state index contributed by atoms with van der Waals surface area (Å²) in [6.45, 7) is 0. The molecule has 0 radical (unpaired) electrons. The van der Waals surface area contributed by atoms with Crippen molar-refractivity contribution in [3.8, 4) is 0 Å². The molecule has 0 atom stereocenters. The highest BCUT2D eigenvalue weighted by atomic mass is 79.9. The quantitative estimate of drug-likeness (QED) is 0.261. The fraction of sp³-hybridized carbons (Fsp3) is 0.263. The third-order valence-corrected chi connectivity index (χ3v) is 4.29. The number of halogens is 7. The van der Waals surface area contributed by atoms with Crippen LogP contribution < -0.4 is 0 Å². The molecule has 0 amide bonds. The summed E-state index contributed by atoms with van der Waals surface area (Å²) >= 11 is 3.30. The Hall–Kier alpha value is -1.76. The van der Waals surface area contributed by atoms with Gasteiger partial charge in [0.2, 0.25) is 0 Å². The van der Waals surface area contributed by atoms with Gasteiger partial charge in [-0.3, -0.25) is 0 Å². The molecule has 0 bridgehead atoms. The summed E-state index contributed by atoms with van der Waals surface area (Å²) in [5.74, 6) is 0. The van der Waals surface area contributed by atoms with E-state index in [4.69, 9.17) is 0 Å². The fourth-order valence-corrected chi connectivity index (χ4v) is 2.73. The highest BCUT2D eigenvalue weighted by molar-refractivity contribution is 9.09. The Morgan fingerprint density at radius 3 is 1.42 bits per heavy atom. The Labute approximate surface area is 155 Å². The molecule has 140 valence electrons. The van der Waals surface area contributed by atoms with Crippen LogP contribution in [0.1, 0.15) is 35.1 Å². The third kappa shape index (κ3) is 5.37. The molecule has 0 aliphatic heterocycles. The molecule has 0 nitrogen and oxygen atoms in total. The average Bonchev–Trinajstić information content (AvgIpc) is 2.58. The van der Waals surface area contributed by atoms with Crippen molar-refractivity contribution in [2.45, 2.75) is 25.2 Å². The van der Waals surface area contributed by atoms with Gasteiger partial charge in [-0.1, -0.05) is 46.3 Å². The summed E-state index contributed by atoms with van der Waals surface area (Å²) in [7, 11) is 0. The number of allylic oxidation sites excluding steroid dienone is 1. The summed E-state index contributed by atoms with van der Waals surface area (Å²) in [5, 5.41) is 0.747. The topological polar surface area (TPSA) is 0 Å². The highest BCUT2D eigenvalue weighted by Gasteiger charge is 2.31. The minimum absolute atomic E-state index is 0.521. The largest absolute Gasteiger partial charge is 0.416 e. The number of rotatable bonds is 5. The van der Waals surface area contributed by atoms with Gasteiger partial charge >= 0.3 is 12.4 Å². The smallest absolute Gasteiger partial charge is 0.166 e. The molecule has 0 spiro atoms. The van der Waals surface area contributed by atoms with Gasteiger partial charge in [-0.05, 0) is 53.8 Å². The van der Waals surface area contributed by atoms with Crippen molar-refractivity contribution in [1.82, 2.24) is 0 Å². The maximum atomic E-state index is 12.7. The zero-order valence-corrected chi connectivity index (χ0v) is 15.0. The van der Waals surface area contributed by atoms with E-state index in [-0.39, 0.29) is 0 Å². The first kappa shape index (κ1) is 20.6. The third-order valence-electron chi connectivity index (χ3n) is 3.73. The fourth-order valence-electron chi connectivity index (χ4n) is 2.40. The SMILES string of the molecule is FC(F)(F)c1ccc(C(=CCCCBr)c2ccc(C(F)(F)F)cc2)cc1. The van der Waals surface area contributed by atoms with E-state index in [1.54, 1.807) is 0 Å². The van der Waals surface area contributed by atoms with Crippen molar-refractivity contribution in [3.05, 3.63) is 76.9 Å². The minimum atomic E-state index is -4.44. The minimum Gasteiger partial charge on any atom is -0.166 e. The number of alkyl halides is 7. The number of hydrogen-bond donors (Lipinski definition) is 0. The van der Waals surface area contributed by atoms with E-state index in [2.05, 4.69) is 15.9 Å². The van der Waals surface area contributed by atoms with Crippen LogP contribution in [0.3, 0.4) is 0 Å². The van der Waals surface area contributed by atoms with E-state index in [1.165, 1.54) is 24.3 Å². The molecule has 0 aliphatic rings. The Kier molecular flexibility index (Phi) is 6.55. The lowest BCUT2D eigenvalue weighted by molar-refractivity contribution is -0.138. The van der Waals surface area contributed by atoms with Crippen LogP contribution in [0.2, 0.25) is 0 Å². The summed E-state index contributed by atoms with van der Waals surface area (Å²) in [4.78, 5) is 0. The molecule has 2 rings (SSSR count). The lowest BCUT2D eigenvalue weighted by Crippen LogP contribution is -2.05. The molecule has 7 heteroatoms. The van der Waals surface area contributed by atoms with Crippen molar-refractivity contribution < 1.29 is 26.3 Å². The van der Waals surface area contributed by atoms with Gasteiger partial charge in [0.25, 0.3) is 0 Å². The van der Waals surface area contributed by atoms with Gasteiger partial charge in [0.15, 0.2) is 0 Å². The molecule has 0 fully saturated rings. The molecular weight excluding hydrogens is 422 g/mol. The molecule has 0 aromatic heterocycles. The maximum absolute atomic E-state index is 12.7. The van der Waals surface area contributed by atoms with E-state index in [0.717, 1.165) is 36.0 Å². The first-order valence-corrected chi connectivity index (χ1v) is 8.86. The molecule has 0 saturated carbocycles. The molecule has 2 aromatic rings. The van der Waals surface area contributed by atoms with Gasteiger partial charge in [-0.25, -0.2) is 0 Å². The van der Waals surface area contributed by atoms with Crippen LogP contribution in [0.15, 0.2) is 54.6 Å². The van der Waals surface area contributed by atoms with E-state index in [1.807, 2.05) is 6.08 Å². The first-order valence-electron chi connectivity index (χ1n) is 7.74. The normalized spacial score (nSPS) is 12.1. The maximum Gasteiger partial charge on any atom is 0.416 e. The van der Waals surface area contributed by atoms with Crippen LogP contribution in [-0.4, -0.2) is 5.33 Å². The van der Waals surface area contributed by atoms with Crippen LogP contribution in [0.25, 0.3) is 5.57 Å². The van der Waals surface area contributed by atoms with Gasteiger partial charge in [0, 0.05) is 5.33 Å². The molecule has 26 heavy (non-hydrogen) atoms. The second kappa shape index (κ2) is 8.29. The summed E-state index contributed by atoms with van der Waals surface area (Å²) in [6.07, 6.45) is -5.61. The molecular formula is C19H15BrF6. The van der Waals surface area contributed by atoms with Crippen LogP contribution in [-0.2, 0) is 12.4 Å². The van der Waals surface area contributed by atoms with Crippen LogP contribution in [0.5, 0.6) is 0 Å². The predicted molar refractivity (Wildman–Crippen MR) is 93.0 cm³/mol. The van der Waals surface area contributed by atoms with Gasteiger partial charge in [0.1, 0.15) is 0 Å². The number of benzene rings is 2. The highest BCUT2D eigenvalue weighted by Crippen LogP contribution is 2.33. The van der Waals surface area contributed by atoms with Gasteiger partial charge < -0.3 is 0 Å². The molecule has 0 aliphatic carbocycles. The van der Waals surface area contributed by atoms with Crippen molar-refractivity contribution in [1.29, 1.82) is 0 Å². The Bertz CT molecular complexity index is 680. The van der Waals surface area contributed by atoms with Crippen molar-refractivity contribution >= 4 is 21.5 Å². The standard InChI is InChI=1S/C19H15BrF6/c20-12-2-1-3-17(13-4-8-15(9-5-13)18(21,22)23)14-6-10-16(11-7-14)19(24,25)26/h3-11H,1-2,12H2. The second-order valence-corrected chi connectivity index (χ2v) is 6.39. The van der Waals surface area contributed by atoms with Crippen molar-refractivity contribution in [3.63, 3.8) is 0 Å². The molecule has 0 N–H and O–H groups in total. The first-order chi connectivity index (χ1) is 12.1. The second-order valence-electron chi connectivity index (χ2n) is 5.60. The lowest BCUT2D eigenvalue weighted by Gasteiger charge is -2.13. The van der Waals surface area contributed by atoms with Crippen LogP contribution >= 0.6 is 15.9 Å². The van der Waals surface area contributed by atoms with Gasteiger partial charge in [-0.2, -0.15) is 26.3 Å². The Morgan fingerprint density at radius 2 is 1.12 bits per heavy atom. The van der Waals surface area contributed by atoms with E-state index in [0.29, 0.717) is 23.1 Å². The van der Waals surface area contributed by atoms with E-state index >= 15 is 0 Å². The van der Waals surface area contributed by atoms with Crippen LogP contribution in [0, 0.1) is 0 Å². The summed E-state index contributed by atoms with van der Waals surface area (Å²) < 4.78 is 76.3. The van der Waals surface area contributed by atoms with Crippen molar-refractivity contribution in [2.75, 3.05) is 5.33 Å². The number of hydrogen-bond acceptors (Lipinski definition) is 0. The van der Waals surface area contributed by atoms with Crippen LogP contribution in [0.4, 0.5) is 26.3 Å². The van der Waals surface area contributed by atoms with E-state index < -0.39 is 23.5 Å². The molecule has 0 heterocycles. The van der Waals surface area contributed by atoms with Gasteiger partial charge in [-0.15, -0.1) is 0 Å². The molecule has 0 saturated heterocycles. The zero-order chi connectivity index (χ0) is 19.4. The monoisotopic (exact) mass is 436 g/mol. The van der Waals surface area contributed by atoms with E-state index in [9.17, 15) is 26.3 Å². The zero-order valence-electron chi connectivity index (χ0n) is 13.5. The predicted octanol–water partition coefficient (Wildman–Crippen LogP) is 7.33. The molecule has 0 unspecified atom stereocenters. The lowest BCUT2D eigenvalue weighted by atomic mass is 9.95. The average molecular weight is 437 g/mol. The Morgan fingerprint density at radius 1 is 0.731 bits per heavy atom. The Balaban J connectivity index is 2.39. The summed E-state index contributed by atoms with van der Waals surface area (Å²) in [5.41, 5.74) is 0.106. The summed E-state index contributed by atoms with van der Waals surface area (Å²) in [6, 6.07) is 9.22. The van der Waals surface area contributed by atoms with Gasteiger partial charge in [0.05, 0.1) is 11.1 Å². The molecule has 2 aromatic carbocycles.